The number of hydrogen-bond acceptors (Lipinski definition) is 3. The Morgan fingerprint density at radius 3 is 2.67 bits per heavy atom. The van der Waals surface area contributed by atoms with E-state index in [1.165, 1.54) is 0 Å². The first-order chi connectivity index (χ1) is 14.6. The van der Waals surface area contributed by atoms with Gasteiger partial charge in [0.1, 0.15) is 5.82 Å². The molecule has 1 saturated heterocycles. The molecule has 0 atom stereocenters. The van der Waals surface area contributed by atoms with Gasteiger partial charge in [-0.1, -0.05) is 35.9 Å². The Labute approximate surface area is 183 Å². The number of aliphatic hydroxyl groups is 1. The lowest BCUT2D eigenvalue weighted by Gasteiger charge is -2.31. The van der Waals surface area contributed by atoms with Crippen LogP contribution < -0.4 is 15.5 Å². The lowest BCUT2D eigenvalue weighted by atomic mass is 10.1. The third-order valence-electron chi connectivity index (χ3n) is 5.23. The molecule has 5 nitrogen and oxygen atoms in total. The third kappa shape index (κ3) is 6.34. The molecule has 1 heterocycles. The van der Waals surface area contributed by atoms with Crippen molar-refractivity contribution in [1.82, 2.24) is 10.6 Å². The molecule has 0 amide bonds. The van der Waals surface area contributed by atoms with Gasteiger partial charge in [-0.15, -0.1) is 0 Å². The molecule has 30 heavy (non-hydrogen) atoms. The van der Waals surface area contributed by atoms with Crippen LogP contribution in [0, 0.1) is 5.82 Å². The molecule has 1 fully saturated rings. The van der Waals surface area contributed by atoms with E-state index < -0.39 is 0 Å². The third-order valence-corrected chi connectivity index (χ3v) is 5.59. The summed E-state index contributed by atoms with van der Waals surface area (Å²) in [7, 11) is 0. The van der Waals surface area contributed by atoms with Crippen molar-refractivity contribution < 1.29 is 9.50 Å². The van der Waals surface area contributed by atoms with Crippen molar-refractivity contribution in [3.63, 3.8) is 0 Å². The summed E-state index contributed by atoms with van der Waals surface area (Å²) in [6.07, 6.45) is 1.88. The molecule has 1 aliphatic heterocycles. The molecule has 0 radical (unpaired) electrons. The summed E-state index contributed by atoms with van der Waals surface area (Å²) in [6.45, 7) is 5.19. The van der Waals surface area contributed by atoms with E-state index >= 15 is 0 Å². The van der Waals surface area contributed by atoms with Gasteiger partial charge in [-0.25, -0.2) is 9.38 Å². The van der Waals surface area contributed by atoms with E-state index in [1.807, 2.05) is 48.2 Å². The zero-order chi connectivity index (χ0) is 21.3. The van der Waals surface area contributed by atoms with E-state index in [-0.39, 0.29) is 11.9 Å². The highest BCUT2D eigenvalue weighted by Crippen LogP contribution is 2.24. The Morgan fingerprint density at radius 2 is 1.97 bits per heavy atom. The van der Waals surface area contributed by atoms with Gasteiger partial charge in [-0.2, -0.15) is 0 Å². The average molecular weight is 433 g/mol. The molecule has 0 bridgehead atoms. The number of rotatable bonds is 7. The first kappa shape index (κ1) is 22.4. The van der Waals surface area contributed by atoms with E-state index in [9.17, 15) is 9.50 Å². The minimum absolute atomic E-state index is 0.240. The fraction of sp³-hybridized carbons (Fsp3) is 0.435. The summed E-state index contributed by atoms with van der Waals surface area (Å²) in [5, 5.41) is 16.9. The predicted octanol–water partition coefficient (Wildman–Crippen LogP) is 3.74. The number of aliphatic imine (C=N–C) groups is 1. The Hall–Kier alpha value is -2.31. The summed E-state index contributed by atoms with van der Waals surface area (Å²) in [5.41, 5.74) is 2.50. The molecule has 1 aliphatic rings. The van der Waals surface area contributed by atoms with Crippen LogP contribution in [0.15, 0.2) is 47.5 Å². The van der Waals surface area contributed by atoms with Crippen LogP contribution in [0.1, 0.15) is 30.9 Å². The van der Waals surface area contributed by atoms with Crippen molar-refractivity contribution >= 4 is 23.2 Å². The zero-order valence-electron chi connectivity index (χ0n) is 17.4. The molecule has 0 unspecified atom stereocenters. The van der Waals surface area contributed by atoms with Crippen molar-refractivity contribution in [2.45, 2.75) is 38.8 Å². The van der Waals surface area contributed by atoms with Gasteiger partial charge in [0.25, 0.3) is 0 Å². The zero-order valence-corrected chi connectivity index (χ0v) is 18.1. The highest BCUT2D eigenvalue weighted by Gasteiger charge is 2.19. The van der Waals surface area contributed by atoms with Gasteiger partial charge < -0.3 is 20.6 Å². The molecule has 0 spiro atoms. The van der Waals surface area contributed by atoms with Crippen LogP contribution in [-0.4, -0.2) is 43.3 Å². The maximum absolute atomic E-state index is 14.6. The smallest absolute Gasteiger partial charge is 0.191 e. The second kappa shape index (κ2) is 11.2. The highest BCUT2D eigenvalue weighted by atomic mass is 35.5. The largest absolute Gasteiger partial charge is 0.393 e. The Bertz CT molecular complexity index is 853. The molecule has 0 aromatic heterocycles. The molecule has 0 saturated carbocycles. The number of hydrogen-bond donors (Lipinski definition) is 3. The molecular weight excluding hydrogens is 403 g/mol. The molecule has 162 valence electrons. The lowest BCUT2D eigenvalue weighted by Crippen LogP contribution is -2.38. The van der Waals surface area contributed by atoms with Crippen molar-refractivity contribution in [2.75, 3.05) is 31.1 Å². The van der Waals surface area contributed by atoms with Crippen molar-refractivity contribution in [3.05, 3.63) is 64.4 Å². The van der Waals surface area contributed by atoms with Crippen LogP contribution in [-0.2, 0) is 13.0 Å². The lowest BCUT2D eigenvalue weighted by molar-refractivity contribution is 0.145. The van der Waals surface area contributed by atoms with Crippen molar-refractivity contribution in [2.24, 2.45) is 4.99 Å². The number of nitrogens with zero attached hydrogens (tertiary/aromatic N) is 2. The van der Waals surface area contributed by atoms with Crippen LogP contribution in [0.25, 0.3) is 0 Å². The number of piperidine rings is 1. The van der Waals surface area contributed by atoms with E-state index in [2.05, 4.69) is 15.6 Å². The standard InChI is InChI=1S/C23H30ClFN4O/c1-2-26-23(27-12-9-18-5-3-4-6-20(18)24)28-16-17-7-8-22(21(25)15-17)29-13-10-19(30)11-14-29/h3-8,15,19,30H,2,9-14,16H2,1H3,(H2,26,27,28). The van der Waals surface area contributed by atoms with Gasteiger partial charge in [0.05, 0.1) is 18.3 Å². The first-order valence-electron chi connectivity index (χ1n) is 10.5. The number of benzene rings is 2. The second-order valence-electron chi connectivity index (χ2n) is 7.47. The van der Waals surface area contributed by atoms with Crippen molar-refractivity contribution in [3.8, 4) is 0 Å². The van der Waals surface area contributed by atoms with Crippen LogP contribution in [0.3, 0.4) is 0 Å². The molecule has 7 heteroatoms. The monoisotopic (exact) mass is 432 g/mol. The Morgan fingerprint density at radius 1 is 1.20 bits per heavy atom. The quantitative estimate of drug-likeness (QED) is 0.461. The van der Waals surface area contributed by atoms with Crippen molar-refractivity contribution in [1.29, 1.82) is 0 Å². The molecule has 2 aromatic rings. The molecule has 2 aromatic carbocycles. The second-order valence-corrected chi connectivity index (χ2v) is 7.87. The summed E-state index contributed by atoms with van der Waals surface area (Å²) >= 11 is 6.21. The summed E-state index contributed by atoms with van der Waals surface area (Å²) in [4.78, 5) is 6.57. The van der Waals surface area contributed by atoms with Crippen LogP contribution >= 0.6 is 11.6 Å². The Kier molecular flexibility index (Phi) is 8.34. The van der Waals surface area contributed by atoms with E-state index in [4.69, 9.17) is 11.6 Å². The van der Waals surface area contributed by atoms with E-state index in [0.29, 0.717) is 50.7 Å². The predicted molar refractivity (Wildman–Crippen MR) is 122 cm³/mol. The summed E-state index contributed by atoms with van der Waals surface area (Å²) in [6, 6.07) is 13.1. The number of guanidine groups is 1. The number of aliphatic hydroxyl groups excluding tert-OH is 1. The van der Waals surface area contributed by atoms with Crippen LogP contribution in [0.4, 0.5) is 10.1 Å². The van der Waals surface area contributed by atoms with Crippen LogP contribution in [0.5, 0.6) is 0 Å². The molecular formula is C23H30ClFN4O. The minimum atomic E-state index is -0.271. The van der Waals surface area contributed by atoms with Gasteiger partial charge in [-0.05, 0) is 55.5 Å². The van der Waals surface area contributed by atoms with Gasteiger partial charge >= 0.3 is 0 Å². The normalized spacial score (nSPS) is 15.3. The molecule has 3 rings (SSSR count). The summed E-state index contributed by atoms with van der Waals surface area (Å²) in [5.74, 6) is 0.454. The highest BCUT2D eigenvalue weighted by molar-refractivity contribution is 6.31. The fourth-order valence-corrected chi connectivity index (χ4v) is 3.77. The first-order valence-corrected chi connectivity index (χ1v) is 10.9. The average Bonchev–Trinajstić information content (AvgIpc) is 2.74. The topological polar surface area (TPSA) is 59.9 Å². The fourth-order valence-electron chi connectivity index (χ4n) is 3.54. The molecule has 3 N–H and O–H groups in total. The Balaban J connectivity index is 1.57. The number of anilines is 1. The SMILES string of the molecule is CCNC(=NCc1ccc(N2CCC(O)CC2)c(F)c1)NCCc1ccccc1Cl. The van der Waals surface area contributed by atoms with E-state index in [0.717, 1.165) is 29.1 Å². The van der Waals surface area contributed by atoms with Gasteiger partial charge in [0, 0.05) is 31.2 Å². The summed E-state index contributed by atoms with van der Waals surface area (Å²) < 4.78 is 14.6. The van der Waals surface area contributed by atoms with Gasteiger partial charge in [0.2, 0.25) is 0 Å². The molecule has 0 aliphatic carbocycles. The minimum Gasteiger partial charge on any atom is -0.393 e. The van der Waals surface area contributed by atoms with Crippen LogP contribution in [0.2, 0.25) is 5.02 Å². The van der Waals surface area contributed by atoms with Gasteiger partial charge in [0.15, 0.2) is 5.96 Å². The van der Waals surface area contributed by atoms with Gasteiger partial charge in [-0.3, -0.25) is 0 Å². The maximum Gasteiger partial charge on any atom is 0.191 e. The number of halogens is 2. The maximum atomic E-state index is 14.6. The number of nitrogens with one attached hydrogen (secondary N) is 2. The van der Waals surface area contributed by atoms with E-state index in [1.54, 1.807) is 6.07 Å².